The zero-order chi connectivity index (χ0) is 24.2. The Hall–Kier alpha value is -3.24. The molecular weight excluding hydrogens is 513 g/mol. The minimum absolute atomic E-state index is 0.226. The van der Waals surface area contributed by atoms with Crippen molar-refractivity contribution in [3.63, 3.8) is 0 Å². The summed E-state index contributed by atoms with van der Waals surface area (Å²) in [6.45, 7) is -0.465. The number of nitriles is 2. The van der Waals surface area contributed by atoms with Crippen molar-refractivity contribution < 1.29 is 28.4 Å². The molecule has 3 aromatic rings. The van der Waals surface area contributed by atoms with Crippen LogP contribution < -0.4 is 4.74 Å². The van der Waals surface area contributed by atoms with Gasteiger partial charge in [-0.15, -0.1) is 0 Å². The maximum absolute atomic E-state index is 12.8. The van der Waals surface area contributed by atoms with Crippen LogP contribution in [0.25, 0.3) is 22.6 Å². The molecule has 0 amide bonds. The van der Waals surface area contributed by atoms with Gasteiger partial charge in [0.25, 0.3) is 0 Å². The maximum atomic E-state index is 12.8. The first-order chi connectivity index (χ1) is 15.7. The average molecular weight is 530 g/mol. The van der Waals surface area contributed by atoms with Crippen LogP contribution in [0.5, 0.6) is 5.75 Å². The molecule has 1 heterocycles. The van der Waals surface area contributed by atoms with Gasteiger partial charge in [0, 0.05) is 27.2 Å². The largest absolute Gasteiger partial charge is 0.496 e. The smallest absolute Gasteiger partial charge is 0.469 e. The second-order valence-electron chi connectivity index (χ2n) is 6.78. The van der Waals surface area contributed by atoms with E-state index in [1.807, 2.05) is 6.07 Å². The average Bonchev–Trinajstić information content (AvgIpc) is 3.14. The van der Waals surface area contributed by atoms with Crippen molar-refractivity contribution in [3.05, 3.63) is 63.8 Å². The van der Waals surface area contributed by atoms with E-state index in [9.17, 15) is 19.9 Å². The highest BCUT2D eigenvalue weighted by Gasteiger charge is 2.19. The molecule has 0 fully saturated rings. The van der Waals surface area contributed by atoms with E-state index in [1.54, 1.807) is 42.5 Å². The number of hydrogen-bond donors (Lipinski definition) is 2. The number of benzene rings is 2. The van der Waals surface area contributed by atoms with Crippen molar-refractivity contribution in [2.45, 2.75) is 6.42 Å². The zero-order valence-corrected chi connectivity index (χ0v) is 19.7. The van der Waals surface area contributed by atoms with Crippen LogP contribution in [0.15, 0.2) is 47.1 Å². The van der Waals surface area contributed by atoms with Crippen LogP contribution in [0.4, 0.5) is 0 Å². The molecule has 0 aliphatic heterocycles. The van der Waals surface area contributed by atoms with Gasteiger partial charge in [-0.3, -0.25) is 13.9 Å². The fraction of sp³-hybridized carbons (Fsp3) is 0.136. The zero-order valence-electron chi connectivity index (χ0n) is 17.2. The van der Waals surface area contributed by atoms with Crippen LogP contribution in [0.1, 0.15) is 27.9 Å². The van der Waals surface area contributed by atoms with E-state index in [-0.39, 0.29) is 12.0 Å². The first-order valence-corrected chi connectivity index (χ1v) is 11.7. The molecule has 0 aliphatic carbocycles. The molecule has 9 nitrogen and oxygen atoms in total. The lowest BCUT2D eigenvalue weighted by molar-refractivity contribution is 0.0877. The number of allylic oxidation sites excluding steroid dienone is 1. The normalized spacial score (nSPS) is 11.8. The summed E-state index contributed by atoms with van der Waals surface area (Å²) in [5.41, 5.74) is 2.11. The van der Waals surface area contributed by atoms with Gasteiger partial charge in [-0.2, -0.15) is 10.5 Å². The summed E-state index contributed by atoms with van der Waals surface area (Å²) < 4.78 is 22.6. The summed E-state index contributed by atoms with van der Waals surface area (Å²) in [5, 5.41) is 19.7. The second-order valence-corrected chi connectivity index (χ2v) is 8.94. The third kappa shape index (κ3) is 5.77. The van der Waals surface area contributed by atoms with Gasteiger partial charge in [-0.1, -0.05) is 15.9 Å². The fourth-order valence-electron chi connectivity index (χ4n) is 3.24. The molecule has 0 bridgehead atoms. The lowest BCUT2D eigenvalue weighted by Gasteiger charge is -2.06. The highest BCUT2D eigenvalue weighted by molar-refractivity contribution is 9.10. The molecule has 0 atom stereocenters. The SMILES string of the molecule is COc1ccc(C#N)cc1/C=C(\C#N)c1cn(C(=O)CCOP(=O)(O)O)c2ccc(Br)cc12. The Labute approximate surface area is 197 Å². The molecule has 2 N–H and O–H groups in total. The van der Waals surface area contributed by atoms with Crippen molar-refractivity contribution in [2.75, 3.05) is 13.7 Å². The molecule has 0 unspecified atom stereocenters. The van der Waals surface area contributed by atoms with Gasteiger partial charge in [0.2, 0.25) is 5.91 Å². The molecule has 0 saturated heterocycles. The molecule has 1 aromatic heterocycles. The van der Waals surface area contributed by atoms with Crippen LogP contribution in [0, 0.1) is 22.7 Å². The number of carbonyl (C=O) groups excluding carboxylic acids is 1. The molecule has 2 aromatic carbocycles. The van der Waals surface area contributed by atoms with E-state index < -0.39 is 20.3 Å². The van der Waals surface area contributed by atoms with Gasteiger partial charge >= 0.3 is 7.82 Å². The Balaban J connectivity index is 2.11. The highest BCUT2D eigenvalue weighted by atomic mass is 79.9. The number of carbonyl (C=O) groups is 1. The predicted molar refractivity (Wildman–Crippen MR) is 124 cm³/mol. The number of phosphoric acid groups is 1. The molecule has 3 rings (SSSR count). The standard InChI is InChI=1S/C22H17BrN3O6P/c1-31-21-5-2-14(11-24)8-15(21)9-16(12-25)19-13-26(20-4-3-17(23)10-18(19)20)22(27)6-7-32-33(28,29)30/h2-5,8-10,13H,6-7H2,1H3,(H2,28,29,30)/b16-9+. The van der Waals surface area contributed by atoms with E-state index in [0.29, 0.717) is 33.3 Å². The lowest BCUT2D eigenvalue weighted by Crippen LogP contribution is -2.11. The topological polar surface area (TPSA) is 146 Å². The Kier molecular flexibility index (Phi) is 7.50. The van der Waals surface area contributed by atoms with Crippen LogP contribution in [0.3, 0.4) is 0 Å². The summed E-state index contributed by atoms with van der Waals surface area (Å²) in [6, 6.07) is 14.2. The lowest BCUT2D eigenvalue weighted by atomic mass is 10.0. The Morgan fingerprint density at radius 2 is 2.00 bits per heavy atom. The summed E-state index contributed by atoms with van der Waals surface area (Å²) in [5.74, 6) is 0.000649. The Bertz CT molecular complexity index is 1390. The van der Waals surface area contributed by atoms with E-state index in [2.05, 4.69) is 26.5 Å². The first kappa shape index (κ1) is 24.4. The number of nitrogens with zero attached hydrogens (tertiary/aromatic N) is 3. The molecule has 0 radical (unpaired) electrons. The summed E-state index contributed by atoms with van der Waals surface area (Å²) >= 11 is 3.40. The third-order valence-electron chi connectivity index (χ3n) is 4.68. The minimum atomic E-state index is -4.69. The molecule has 0 aliphatic rings. The molecule has 33 heavy (non-hydrogen) atoms. The molecular formula is C22H17BrN3O6P. The summed E-state index contributed by atoms with van der Waals surface area (Å²) in [7, 11) is -3.21. The fourth-order valence-corrected chi connectivity index (χ4v) is 3.93. The van der Waals surface area contributed by atoms with Crippen molar-refractivity contribution in [1.82, 2.24) is 4.57 Å². The number of phosphoric ester groups is 1. The highest BCUT2D eigenvalue weighted by Crippen LogP contribution is 2.36. The number of fused-ring (bicyclic) bond motifs is 1. The maximum Gasteiger partial charge on any atom is 0.469 e. The third-order valence-corrected chi connectivity index (χ3v) is 5.69. The van der Waals surface area contributed by atoms with Gasteiger partial charge in [0.15, 0.2) is 0 Å². The van der Waals surface area contributed by atoms with Crippen molar-refractivity contribution in [2.24, 2.45) is 0 Å². The number of hydrogen-bond acceptors (Lipinski definition) is 6. The van der Waals surface area contributed by atoms with E-state index in [4.69, 9.17) is 14.5 Å². The number of rotatable bonds is 7. The van der Waals surface area contributed by atoms with Gasteiger partial charge in [-0.25, -0.2) is 4.57 Å². The predicted octanol–water partition coefficient (Wildman–Crippen LogP) is 4.49. The monoisotopic (exact) mass is 529 g/mol. The number of aromatic nitrogens is 1. The van der Waals surface area contributed by atoms with E-state index >= 15 is 0 Å². The van der Waals surface area contributed by atoms with Crippen LogP contribution in [-0.4, -0.2) is 34.0 Å². The first-order valence-electron chi connectivity index (χ1n) is 9.41. The Morgan fingerprint density at radius 3 is 2.64 bits per heavy atom. The van der Waals surface area contributed by atoms with E-state index in [1.165, 1.54) is 17.9 Å². The van der Waals surface area contributed by atoms with Crippen LogP contribution >= 0.6 is 23.8 Å². The Morgan fingerprint density at radius 1 is 1.24 bits per heavy atom. The summed E-state index contributed by atoms with van der Waals surface area (Å²) in [4.78, 5) is 30.4. The molecule has 0 saturated carbocycles. The second kappa shape index (κ2) is 10.1. The van der Waals surface area contributed by atoms with Crippen LogP contribution in [0.2, 0.25) is 0 Å². The van der Waals surface area contributed by atoms with Crippen molar-refractivity contribution in [1.29, 1.82) is 10.5 Å². The number of ether oxygens (including phenoxy) is 1. The van der Waals surface area contributed by atoms with Crippen LogP contribution in [-0.2, 0) is 9.09 Å². The van der Waals surface area contributed by atoms with Crippen molar-refractivity contribution in [3.8, 4) is 17.9 Å². The number of methoxy groups -OCH3 is 1. The van der Waals surface area contributed by atoms with Gasteiger partial charge < -0.3 is 14.5 Å². The quantitative estimate of drug-likeness (QED) is 0.336. The van der Waals surface area contributed by atoms with E-state index in [0.717, 1.165) is 4.47 Å². The minimum Gasteiger partial charge on any atom is -0.496 e. The van der Waals surface area contributed by atoms with Gasteiger partial charge in [0.05, 0.1) is 48.9 Å². The molecule has 168 valence electrons. The van der Waals surface area contributed by atoms with Crippen molar-refractivity contribution >= 4 is 52.2 Å². The van der Waals surface area contributed by atoms with Gasteiger partial charge in [-0.05, 0) is 42.5 Å². The summed E-state index contributed by atoms with van der Waals surface area (Å²) in [6.07, 6.45) is 2.78. The number of halogens is 1. The van der Waals surface area contributed by atoms with Gasteiger partial charge in [0.1, 0.15) is 5.75 Å². The molecule has 0 spiro atoms. The molecule has 11 heteroatoms.